The van der Waals surface area contributed by atoms with Crippen LogP contribution >= 0.6 is 0 Å². The van der Waals surface area contributed by atoms with Gasteiger partial charge in [0.05, 0.1) is 11.6 Å². The predicted octanol–water partition coefficient (Wildman–Crippen LogP) is 2.74. The molecule has 0 atom stereocenters. The average Bonchev–Trinajstić information content (AvgIpc) is 2.65. The van der Waals surface area contributed by atoms with Gasteiger partial charge in [0, 0.05) is 11.9 Å². The van der Waals surface area contributed by atoms with Gasteiger partial charge in [0.2, 0.25) is 0 Å². The van der Waals surface area contributed by atoms with E-state index in [1.807, 2.05) is 6.92 Å². The number of pyridine rings is 1. The van der Waals surface area contributed by atoms with Crippen molar-refractivity contribution < 1.29 is 4.79 Å². The molecule has 1 N–H and O–H groups in total. The number of nitrogens with zero attached hydrogens (tertiary/aromatic N) is 2. The third-order valence-corrected chi connectivity index (χ3v) is 3.70. The summed E-state index contributed by atoms with van der Waals surface area (Å²) in [6.07, 6.45) is 7.34. The van der Waals surface area contributed by atoms with Crippen molar-refractivity contribution >= 4 is 5.91 Å². The molecule has 2 rings (SSSR count). The van der Waals surface area contributed by atoms with Crippen LogP contribution in [0.2, 0.25) is 0 Å². The molecular weight excluding hydrogens is 238 g/mol. The molecule has 1 aliphatic rings. The summed E-state index contributed by atoms with van der Waals surface area (Å²) in [7, 11) is 0. The summed E-state index contributed by atoms with van der Waals surface area (Å²) in [6.45, 7) is 1.88. The number of aromatic nitrogens is 1. The molecule has 1 aliphatic carbocycles. The standard InChI is InChI=1S/C15H19N3O/c1-12-6-7-13(10-17-12)14(19)18-15(11-16)8-4-2-3-5-9-15/h6-7,10H,2-5,8-9H2,1H3,(H,18,19). The van der Waals surface area contributed by atoms with E-state index in [1.54, 1.807) is 18.3 Å². The molecule has 1 aromatic rings. The second-order valence-corrected chi connectivity index (χ2v) is 5.25. The molecule has 1 heterocycles. The Morgan fingerprint density at radius 1 is 1.32 bits per heavy atom. The Bertz CT molecular complexity index is 479. The van der Waals surface area contributed by atoms with Gasteiger partial charge in [-0.15, -0.1) is 0 Å². The Hall–Kier alpha value is -1.89. The zero-order valence-electron chi connectivity index (χ0n) is 11.3. The van der Waals surface area contributed by atoms with E-state index in [4.69, 9.17) is 0 Å². The van der Waals surface area contributed by atoms with Crippen LogP contribution in [0.25, 0.3) is 0 Å². The van der Waals surface area contributed by atoms with Crippen LogP contribution in [0, 0.1) is 18.3 Å². The lowest BCUT2D eigenvalue weighted by Crippen LogP contribution is -2.47. The highest BCUT2D eigenvalue weighted by Gasteiger charge is 2.32. The van der Waals surface area contributed by atoms with Gasteiger partial charge in [-0.25, -0.2) is 0 Å². The average molecular weight is 257 g/mol. The highest BCUT2D eigenvalue weighted by Crippen LogP contribution is 2.26. The molecule has 1 aromatic heterocycles. The number of nitriles is 1. The number of hydrogen-bond acceptors (Lipinski definition) is 3. The summed E-state index contributed by atoms with van der Waals surface area (Å²) in [4.78, 5) is 16.3. The maximum Gasteiger partial charge on any atom is 0.254 e. The van der Waals surface area contributed by atoms with Gasteiger partial charge in [0.1, 0.15) is 5.54 Å². The number of nitrogens with one attached hydrogen (secondary N) is 1. The number of amides is 1. The monoisotopic (exact) mass is 257 g/mol. The van der Waals surface area contributed by atoms with Crippen molar-refractivity contribution in [1.29, 1.82) is 5.26 Å². The number of carbonyl (C=O) groups excluding carboxylic acids is 1. The normalized spacial score (nSPS) is 18.1. The van der Waals surface area contributed by atoms with Gasteiger partial charge in [0.25, 0.3) is 5.91 Å². The topological polar surface area (TPSA) is 65.8 Å². The maximum atomic E-state index is 12.2. The first kappa shape index (κ1) is 13.5. The molecule has 19 heavy (non-hydrogen) atoms. The SMILES string of the molecule is Cc1ccc(C(=O)NC2(C#N)CCCCCC2)cn1. The number of rotatable bonds is 2. The van der Waals surface area contributed by atoms with E-state index in [9.17, 15) is 10.1 Å². The van der Waals surface area contributed by atoms with Crippen molar-refractivity contribution in [2.45, 2.75) is 51.0 Å². The van der Waals surface area contributed by atoms with E-state index in [0.29, 0.717) is 5.56 Å². The molecule has 0 aliphatic heterocycles. The fourth-order valence-corrected chi connectivity index (χ4v) is 2.49. The van der Waals surface area contributed by atoms with Crippen LogP contribution in [0.4, 0.5) is 0 Å². The van der Waals surface area contributed by atoms with E-state index in [0.717, 1.165) is 44.2 Å². The molecule has 4 heteroatoms. The fourth-order valence-electron chi connectivity index (χ4n) is 2.49. The summed E-state index contributed by atoms with van der Waals surface area (Å²) >= 11 is 0. The second-order valence-electron chi connectivity index (χ2n) is 5.25. The minimum atomic E-state index is -0.696. The summed E-state index contributed by atoms with van der Waals surface area (Å²) in [5, 5.41) is 12.3. The van der Waals surface area contributed by atoms with Crippen molar-refractivity contribution in [3.63, 3.8) is 0 Å². The summed E-state index contributed by atoms with van der Waals surface area (Å²) in [6, 6.07) is 5.87. The van der Waals surface area contributed by atoms with Crippen LogP contribution in [-0.4, -0.2) is 16.4 Å². The van der Waals surface area contributed by atoms with E-state index >= 15 is 0 Å². The fraction of sp³-hybridized carbons (Fsp3) is 0.533. The van der Waals surface area contributed by atoms with Crippen LogP contribution in [-0.2, 0) is 0 Å². The zero-order chi connectivity index (χ0) is 13.7. The minimum Gasteiger partial charge on any atom is -0.334 e. The Kier molecular flexibility index (Phi) is 4.16. The lowest BCUT2D eigenvalue weighted by atomic mass is 9.91. The molecule has 1 saturated carbocycles. The lowest BCUT2D eigenvalue weighted by molar-refractivity contribution is 0.0912. The number of carbonyl (C=O) groups is 1. The molecule has 0 aromatic carbocycles. The van der Waals surface area contributed by atoms with Gasteiger partial charge in [-0.1, -0.05) is 25.7 Å². The highest BCUT2D eigenvalue weighted by atomic mass is 16.1. The highest BCUT2D eigenvalue weighted by molar-refractivity contribution is 5.94. The summed E-state index contributed by atoms with van der Waals surface area (Å²) in [5.41, 5.74) is 0.698. The smallest absolute Gasteiger partial charge is 0.254 e. The largest absolute Gasteiger partial charge is 0.334 e. The van der Waals surface area contributed by atoms with Crippen LogP contribution in [0.15, 0.2) is 18.3 Å². The quantitative estimate of drug-likeness (QED) is 0.828. The Balaban J connectivity index is 2.11. The first-order valence-corrected chi connectivity index (χ1v) is 6.82. The van der Waals surface area contributed by atoms with E-state index in [-0.39, 0.29) is 5.91 Å². The van der Waals surface area contributed by atoms with Gasteiger partial charge >= 0.3 is 0 Å². The van der Waals surface area contributed by atoms with Gasteiger partial charge < -0.3 is 5.32 Å². The molecule has 0 bridgehead atoms. The van der Waals surface area contributed by atoms with Crippen LogP contribution < -0.4 is 5.32 Å². The molecule has 4 nitrogen and oxygen atoms in total. The van der Waals surface area contributed by atoms with Gasteiger partial charge in [-0.2, -0.15) is 5.26 Å². The van der Waals surface area contributed by atoms with Crippen molar-refractivity contribution in [3.05, 3.63) is 29.6 Å². The Labute approximate surface area is 113 Å². The molecular formula is C15H19N3O. The third-order valence-electron chi connectivity index (χ3n) is 3.70. The first-order valence-electron chi connectivity index (χ1n) is 6.82. The minimum absolute atomic E-state index is 0.198. The number of hydrogen-bond donors (Lipinski definition) is 1. The van der Waals surface area contributed by atoms with Crippen molar-refractivity contribution in [3.8, 4) is 6.07 Å². The van der Waals surface area contributed by atoms with Crippen LogP contribution in [0.1, 0.15) is 54.6 Å². The van der Waals surface area contributed by atoms with Crippen LogP contribution in [0.3, 0.4) is 0 Å². The van der Waals surface area contributed by atoms with E-state index < -0.39 is 5.54 Å². The summed E-state index contributed by atoms with van der Waals surface area (Å²) < 4.78 is 0. The summed E-state index contributed by atoms with van der Waals surface area (Å²) in [5.74, 6) is -0.198. The lowest BCUT2D eigenvalue weighted by Gasteiger charge is -2.26. The van der Waals surface area contributed by atoms with Gasteiger partial charge in [-0.05, 0) is 31.9 Å². The van der Waals surface area contributed by atoms with Crippen molar-refractivity contribution in [2.24, 2.45) is 0 Å². The molecule has 1 amide bonds. The molecule has 100 valence electrons. The maximum absolute atomic E-state index is 12.2. The van der Waals surface area contributed by atoms with E-state index in [1.165, 1.54) is 0 Å². The second kappa shape index (κ2) is 5.83. The third kappa shape index (κ3) is 3.31. The molecule has 0 spiro atoms. The Morgan fingerprint density at radius 2 is 2.00 bits per heavy atom. The predicted molar refractivity (Wildman–Crippen MR) is 72.5 cm³/mol. The zero-order valence-corrected chi connectivity index (χ0v) is 11.3. The van der Waals surface area contributed by atoms with Crippen molar-refractivity contribution in [2.75, 3.05) is 0 Å². The molecule has 0 unspecified atom stereocenters. The Morgan fingerprint density at radius 3 is 2.53 bits per heavy atom. The van der Waals surface area contributed by atoms with Crippen molar-refractivity contribution in [1.82, 2.24) is 10.3 Å². The van der Waals surface area contributed by atoms with Crippen LogP contribution in [0.5, 0.6) is 0 Å². The molecule has 1 fully saturated rings. The van der Waals surface area contributed by atoms with Gasteiger partial charge in [0.15, 0.2) is 0 Å². The molecule has 0 radical (unpaired) electrons. The number of aryl methyl sites for hydroxylation is 1. The molecule has 0 saturated heterocycles. The van der Waals surface area contributed by atoms with E-state index in [2.05, 4.69) is 16.4 Å². The van der Waals surface area contributed by atoms with Gasteiger partial charge in [-0.3, -0.25) is 9.78 Å². The first-order chi connectivity index (χ1) is 9.15.